The Balaban J connectivity index is 0.00000370. The predicted molar refractivity (Wildman–Crippen MR) is 122 cm³/mol. The number of phosphoric acid groups is 1. The number of nitrogens with one attached hydrogen (secondary N) is 1. The fourth-order valence-corrected chi connectivity index (χ4v) is 5.30. The normalized spacial score (nSPS) is 31.7. The first-order valence-corrected chi connectivity index (χ1v) is 12.8. The molecule has 0 saturated carbocycles. The van der Waals surface area contributed by atoms with Gasteiger partial charge in [0.15, 0.2) is 23.9 Å². The summed E-state index contributed by atoms with van der Waals surface area (Å²) in [4.78, 5) is 49.7. The van der Waals surface area contributed by atoms with Crippen molar-refractivity contribution < 1.29 is 78.0 Å². The van der Waals surface area contributed by atoms with Gasteiger partial charge in [0.2, 0.25) is 0 Å². The van der Waals surface area contributed by atoms with Gasteiger partial charge in [-0.25, -0.2) is 19.7 Å². The number of imidazole rings is 1. The van der Waals surface area contributed by atoms with Crippen molar-refractivity contribution in [1.82, 2.24) is 29.1 Å². The van der Waals surface area contributed by atoms with Crippen LogP contribution in [0.15, 0.2) is 34.5 Å². The maximum Gasteiger partial charge on any atom is 1.00 e. The van der Waals surface area contributed by atoms with Gasteiger partial charge in [-0.15, -0.1) is 0 Å². The number of nitrogens with two attached hydrogens (primary N) is 1. The number of aliphatic hydroxyl groups is 4. The van der Waals surface area contributed by atoms with Gasteiger partial charge in [-0.3, -0.25) is 23.5 Å². The number of hydrogen-bond acceptors (Lipinski definition) is 16. The SMILES string of the molecule is Nc1ncnc2c1ncn2[C@@H]1O[C@H](CO)[C@@H](OP(=O)([O-])OC[C@H]2O[C@@H](n3ccc(=O)[nH]c3=O)[C@H](O)[C@@H]2O)[C@H]1O.[Na+]. The molecule has 1 unspecified atom stereocenters. The van der Waals surface area contributed by atoms with Crippen molar-refractivity contribution in [3.63, 3.8) is 0 Å². The van der Waals surface area contributed by atoms with Crippen LogP contribution >= 0.6 is 7.82 Å². The molecule has 212 valence electrons. The van der Waals surface area contributed by atoms with Gasteiger partial charge in [0.05, 0.1) is 19.5 Å². The van der Waals surface area contributed by atoms with Crippen molar-refractivity contribution in [2.75, 3.05) is 18.9 Å². The first-order valence-electron chi connectivity index (χ1n) is 11.3. The standard InChI is InChI=1S/C19H24N7O12P.Na/c20-15-10-16(22-5-21-15)26(6-23-10)18-13(31)14(7(3-27)36-18)38-39(33,34)35-4-8-11(29)12(30)17(37-8)25-2-1-9(28)24-19(25)32;/h1-2,5-8,11-14,17-18,27,29-31H,3-4H2,(H,33,34)(H2,20,21,22)(H,24,28,32);/q;+1/p-1/t7-,8-,11-,12-,13-,14-,17-,18-;/m1./s1. The molecule has 0 spiro atoms. The van der Waals surface area contributed by atoms with Gasteiger partial charge < -0.3 is 49.6 Å². The molecule has 19 nitrogen and oxygen atoms in total. The molecule has 0 aromatic carbocycles. The second-order valence-electron chi connectivity index (χ2n) is 8.70. The average Bonchev–Trinajstić information content (AvgIpc) is 3.53. The molecule has 2 aliphatic heterocycles. The minimum absolute atomic E-state index is 0. The maximum absolute atomic E-state index is 12.6. The molecule has 2 fully saturated rings. The minimum atomic E-state index is -5.26. The second-order valence-corrected chi connectivity index (χ2v) is 10.1. The van der Waals surface area contributed by atoms with E-state index >= 15 is 0 Å². The quantitative estimate of drug-likeness (QED) is 0.104. The Morgan fingerprint density at radius 2 is 1.77 bits per heavy atom. The van der Waals surface area contributed by atoms with Gasteiger partial charge >= 0.3 is 35.2 Å². The van der Waals surface area contributed by atoms with E-state index in [9.17, 15) is 39.5 Å². The summed E-state index contributed by atoms with van der Waals surface area (Å²) < 4.78 is 35.5. The van der Waals surface area contributed by atoms with Crippen LogP contribution in [0.5, 0.6) is 0 Å². The first kappa shape index (κ1) is 30.8. The molecule has 21 heteroatoms. The third kappa shape index (κ3) is 5.79. The van der Waals surface area contributed by atoms with E-state index < -0.39 is 81.4 Å². The number of aromatic amines is 1. The molecule has 3 aromatic rings. The van der Waals surface area contributed by atoms with Crippen LogP contribution in [0.2, 0.25) is 0 Å². The monoisotopic (exact) mass is 595 g/mol. The summed E-state index contributed by atoms with van der Waals surface area (Å²) in [5.74, 6) is 0.0595. The Bertz CT molecular complexity index is 1520. The van der Waals surface area contributed by atoms with E-state index in [1.165, 1.54) is 10.9 Å². The number of aromatic nitrogens is 6. The smallest absolute Gasteiger partial charge is 0.756 e. The third-order valence-corrected chi connectivity index (χ3v) is 7.23. The average molecular weight is 595 g/mol. The Hall–Kier alpha value is -2.10. The Morgan fingerprint density at radius 3 is 2.48 bits per heavy atom. The van der Waals surface area contributed by atoms with Crippen LogP contribution in [0.25, 0.3) is 11.2 Å². The number of hydrogen-bond donors (Lipinski definition) is 6. The van der Waals surface area contributed by atoms with E-state index in [-0.39, 0.29) is 46.5 Å². The zero-order chi connectivity index (χ0) is 28.1. The van der Waals surface area contributed by atoms with Crippen LogP contribution in [0.3, 0.4) is 0 Å². The van der Waals surface area contributed by atoms with Crippen LogP contribution in [0.1, 0.15) is 12.5 Å². The minimum Gasteiger partial charge on any atom is -0.756 e. The molecule has 9 atom stereocenters. The van der Waals surface area contributed by atoms with Gasteiger partial charge in [-0.05, 0) is 0 Å². The van der Waals surface area contributed by atoms with Crippen molar-refractivity contribution in [2.45, 2.75) is 49.1 Å². The van der Waals surface area contributed by atoms with Crippen molar-refractivity contribution >= 4 is 24.8 Å². The van der Waals surface area contributed by atoms with Crippen LogP contribution in [-0.4, -0.2) is 99.3 Å². The van der Waals surface area contributed by atoms with Crippen LogP contribution < -0.4 is 51.4 Å². The van der Waals surface area contributed by atoms with Crippen molar-refractivity contribution in [1.29, 1.82) is 0 Å². The molecule has 0 radical (unpaired) electrons. The number of H-pyrrole nitrogens is 1. The van der Waals surface area contributed by atoms with Gasteiger partial charge in [-0.2, -0.15) is 0 Å². The summed E-state index contributed by atoms with van der Waals surface area (Å²) in [7, 11) is -5.26. The topological polar surface area (TPSA) is 282 Å². The van der Waals surface area contributed by atoms with Crippen molar-refractivity contribution in [3.8, 4) is 0 Å². The molecule has 0 bridgehead atoms. The van der Waals surface area contributed by atoms with E-state index in [0.717, 1.165) is 23.2 Å². The summed E-state index contributed by atoms with van der Waals surface area (Å²) in [6, 6.07) is 0.988. The van der Waals surface area contributed by atoms with Crippen molar-refractivity contribution in [2.24, 2.45) is 0 Å². The van der Waals surface area contributed by atoms with E-state index in [1.54, 1.807) is 0 Å². The molecule has 0 aliphatic carbocycles. The van der Waals surface area contributed by atoms with Crippen LogP contribution in [-0.2, 0) is 23.1 Å². The number of nitrogens with zero attached hydrogens (tertiary/aromatic N) is 5. The van der Waals surface area contributed by atoms with E-state index in [4.69, 9.17) is 24.3 Å². The molecule has 2 saturated heterocycles. The van der Waals surface area contributed by atoms with Gasteiger partial charge in [0, 0.05) is 12.3 Å². The Kier molecular flexibility index (Phi) is 9.27. The Morgan fingerprint density at radius 1 is 1.07 bits per heavy atom. The Labute approximate surface area is 245 Å². The summed E-state index contributed by atoms with van der Waals surface area (Å²) in [6.07, 6.45) is -8.73. The largest absolute Gasteiger partial charge is 1.00 e. The van der Waals surface area contributed by atoms with E-state index in [2.05, 4.69) is 15.0 Å². The molecule has 40 heavy (non-hydrogen) atoms. The van der Waals surface area contributed by atoms with Crippen molar-refractivity contribution in [3.05, 3.63) is 45.8 Å². The molecule has 2 aliphatic rings. The number of nitrogen functional groups attached to an aromatic ring is 1. The number of phosphoric ester groups is 1. The number of aliphatic hydroxyl groups excluding tert-OH is 4. The summed E-state index contributed by atoms with van der Waals surface area (Å²) in [5, 5.41) is 41.1. The molecule has 3 aromatic heterocycles. The summed E-state index contributed by atoms with van der Waals surface area (Å²) in [5.41, 5.74) is 4.51. The third-order valence-electron chi connectivity index (χ3n) is 6.26. The van der Waals surface area contributed by atoms with E-state index in [1.807, 2.05) is 4.98 Å². The molecule has 7 N–H and O–H groups in total. The van der Waals surface area contributed by atoms with Crippen LogP contribution in [0, 0.1) is 0 Å². The van der Waals surface area contributed by atoms with Gasteiger partial charge in [-0.1, -0.05) is 0 Å². The zero-order valence-electron chi connectivity index (χ0n) is 20.7. The van der Waals surface area contributed by atoms with E-state index in [0.29, 0.717) is 0 Å². The number of ether oxygens (including phenoxy) is 2. The van der Waals surface area contributed by atoms with Gasteiger partial charge in [0.1, 0.15) is 48.5 Å². The summed E-state index contributed by atoms with van der Waals surface area (Å²) in [6.45, 7) is -1.60. The second kappa shape index (κ2) is 12.0. The maximum atomic E-state index is 12.6. The molecule has 5 rings (SSSR count). The first-order chi connectivity index (χ1) is 18.5. The molecular formula is C19H23N7NaO12P. The van der Waals surface area contributed by atoms with Crippen LogP contribution in [0.4, 0.5) is 5.82 Å². The number of fused-ring (bicyclic) bond motifs is 1. The molecule has 5 heterocycles. The van der Waals surface area contributed by atoms with Gasteiger partial charge in [0.25, 0.3) is 13.4 Å². The molecule has 0 amide bonds. The molecular weight excluding hydrogens is 572 g/mol. The fourth-order valence-electron chi connectivity index (χ4n) is 4.35. The number of rotatable bonds is 8. The number of anilines is 1. The fraction of sp³-hybridized carbons (Fsp3) is 0.526. The summed E-state index contributed by atoms with van der Waals surface area (Å²) >= 11 is 0. The predicted octanol–water partition coefficient (Wildman–Crippen LogP) is -7.30. The zero-order valence-corrected chi connectivity index (χ0v) is 23.6.